The smallest absolute Gasteiger partial charge is 0.326 e. The van der Waals surface area contributed by atoms with Gasteiger partial charge in [-0.15, -0.1) is 0 Å². The largest absolute Gasteiger partial charge is 0.480 e. The van der Waals surface area contributed by atoms with E-state index in [2.05, 4.69) is 28.6 Å². The van der Waals surface area contributed by atoms with Crippen molar-refractivity contribution in [1.29, 1.82) is 0 Å². The first-order chi connectivity index (χ1) is 13.8. The molecule has 0 aliphatic carbocycles. The molecule has 0 saturated heterocycles. The van der Waals surface area contributed by atoms with Crippen LogP contribution in [0.25, 0.3) is 0 Å². The second-order valence-electron chi connectivity index (χ2n) is 7.78. The summed E-state index contributed by atoms with van der Waals surface area (Å²) in [5, 5.41) is 16.6. The van der Waals surface area contributed by atoms with Gasteiger partial charge in [0.2, 0.25) is 23.6 Å². The molecule has 0 saturated carbocycles. The summed E-state index contributed by atoms with van der Waals surface area (Å²) >= 11 is 4.05. The van der Waals surface area contributed by atoms with Crippen molar-refractivity contribution < 1.29 is 29.1 Å². The zero-order valence-electron chi connectivity index (χ0n) is 17.7. The molecule has 0 aliphatic heterocycles. The molecular formula is C18H33N5O6S. The number of primary amides is 1. The second kappa shape index (κ2) is 13.1. The molecule has 0 radical (unpaired) electrons. The van der Waals surface area contributed by atoms with Crippen LogP contribution in [-0.4, -0.2) is 64.6 Å². The molecule has 0 heterocycles. The number of carboxylic acids is 1. The monoisotopic (exact) mass is 447 g/mol. The Morgan fingerprint density at radius 2 is 1.43 bits per heavy atom. The van der Waals surface area contributed by atoms with Crippen LogP contribution in [0.5, 0.6) is 0 Å². The molecule has 30 heavy (non-hydrogen) atoms. The van der Waals surface area contributed by atoms with E-state index in [0.29, 0.717) is 0 Å². The first-order valence-electron chi connectivity index (χ1n) is 9.58. The van der Waals surface area contributed by atoms with Crippen LogP contribution in [0.1, 0.15) is 40.5 Å². The molecule has 8 N–H and O–H groups in total. The summed E-state index contributed by atoms with van der Waals surface area (Å²) < 4.78 is 0. The maximum Gasteiger partial charge on any atom is 0.326 e. The summed E-state index contributed by atoms with van der Waals surface area (Å²) in [5.74, 6) is -4.49. The summed E-state index contributed by atoms with van der Waals surface area (Å²) in [7, 11) is 0. The summed E-state index contributed by atoms with van der Waals surface area (Å²) in [6, 6.07) is -4.48. The zero-order valence-corrected chi connectivity index (χ0v) is 18.6. The Hall–Kier alpha value is -2.34. The number of amides is 4. The lowest BCUT2D eigenvalue weighted by molar-refractivity contribution is -0.142. The summed E-state index contributed by atoms with van der Waals surface area (Å²) in [4.78, 5) is 59.5. The van der Waals surface area contributed by atoms with E-state index in [-0.39, 0.29) is 30.4 Å². The van der Waals surface area contributed by atoms with Crippen molar-refractivity contribution >= 4 is 42.2 Å². The Kier molecular flexibility index (Phi) is 12.0. The first kappa shape index (κ1) is 27.7. The molecule has 0 rings (SSSR count). The molecule has 11 nitrogen and oxygen atoms in total. The highest BCUT2D eigenvalue weighted by atomic mass is 32.1. The minimum Gasteiger partial charge on any atom is -0.480 e. The number of hydrogen-bond acceptors (Lipinski definition) is 7. The van der Waals surface area contributed by atoms with Gasteiger partial charge in [-0.25, -0.2) is 4.79 Å². The number of thiol groups is 1. The van der Waals surface area contributed by atoms with Crippen molar-refractivity contribution in [3.05, 3.63) is 0 Å². The fourth-order valence-corrected chi connectivity index (χ4v) is 2.78. The van der Waals surface area contributed by atoms with Crippen molar-refractivity contribution in [1.82, 2.24) is 16.0 Å². The Bertz CT molecular complexity index is 643. The van der Waals surface area contributed by atoms with Gasteiger partial charge in [-0.05, 0) is 18.3 Å². The van der Waals surface area contributed by atoms with Crippen molar-refractivity contribution in [2.75, 3.05) is 5.75 Å². The number of hydrogen-bond donors (Lipinski definition) is 7. The highest BCUT2D eigenvalue weighted by Gasteiger charge is 2.31. The van der Waals surface area contributed by atoms with Gasteiger partial charge in [0.1, 0.15) is 18.1 Å². The van der Waals surface area contributed by atoms with Gasteiger partial charge in [0, 0.05) is 5.75 Å². The quantitative estimate of drug-likeness (QED) is 0.164. The number of nitrogens with two attached hydrogens (primary N) is 2. The fraction of sp³-hybridized carbons (Fsp3) is 0.722. The molecule has 0 bridgehead atoms. The van der Waals surface area contributed by atoms with Gasteiger partial charge in [0.25, 0.3) is 0 Å². The molecule has 0 spiro atoms. The predicted molar refractivity (Wildman–Crippen MR) is 113 cm³/mol. The van der Waals surface area contributed by atoms with Crippen LogP contribution in [0.15, 0.2) is 0 Å². The Morgan fingerprint density at radius 3 is 1.83 bits per heavy atom. The zero-order chi connectivity index (χ0) is 23.6. The normalized spacial score (nSPS) is 15.1. The van der Waals surface area contributed by atoms with Crippen LogP contribution in [0.2, 0.25) is 0 Å². The van der Waals surface area contributed by atoms with Gasteiger partial charge in [0.05, 0.1) is 12.5 Å². The van der Waals surface area contributed by atoms with Crippen LogP contribution in [0.4, 0.5) is 0 Å². The third-order valence-electron chi connectivity index (χ3n) is 4.14. The third kappa shape index (κ3) is 9.92. The van der Waals surface area contributed by atoms with E-state index in [9.17, 15) is 29.1 Å². The van der Waals surface area contributed by atoms with Crippen molar-refractivity contribution in [3.8, 4) is 0 Å². The van der Waals surface area contributed by atoms with E-state index >= 15 is 0 Å². The van der Waals surface area contributed by atoms with Crippen molar-refractivity contribution in [2.24, 2.45) is 23.3 Å². The molecule has 0 aliphatic rings. The van der Waals surface area contributed by atoms with Crippen molar-refractivity contribution in [2.45, 2.75) is 64.7 Å². The Labute approximate surface area is 181 Å². The first-order valence-corrected chi connectivity index (χ1v) is 10.2. The van der Waals surface area contributed by atoms with E-state index in [0.717, 1.165) is 0 Å². The van der Waals surface area contributed by atoms with E-state index in [1.165, 1.54) is 0 Å². The molecule has 0 aromatic heterocycles. The van der Waals surface area contributed by atoms with Gasteiger partial charge in [-0.1, -0.05) is 27.7 Å². The molecule has 4 unspecified atom stereocenters. The minimum absolute atomic E-state index is 0.0283. The van der Waals surface area contributed by atoms with Crippen LogP contribution in [0, 0.1) is 11.8 Å². The van der Waals surface area contributed by atoms with E-state index in [4.69, 9.17) is 11.5 Å². The van der Waals surface area contributed by atoms with Gasteiger partial charge in [-0.2, -0.15) is 12.6 Å². The lowest BCUT2D eigenvalue weighted by Gasteiger charge is -2.26. The third-order valence-corrected chi connectivity index (χ3v) is 4.51. The molecule has 0 aromatic carbocycles. The number of rotatable bonds is 13. The molecule has 4 amide bonds. The van der Waals surface area contributed by atoms with Gasteiger partial charge >= 0.3 is 5.97 Å². The number of carboxylic acid groups (broad SMARTS) is 1. The lowest BCUT2D eigenvalue weighted by Crippen LogP contribution is -2.59. The SMILES string of the molecule is CC(C)CC(NC(=O)C(CS)NC(=O)C(NC(=O)C(N)CC(N)=O)C(C)C)C(=O)O. The number of aliphatic carboxylic acids is 1. The highest BCUT2D eigenvalue weighted by molar-refractivity contribution is 7.80. The molecular weight excluding hydrogens is 414 g/mol. The van der Waals surface area contributed by atoms with Gasteiger partial charge < -0.3 is 32.5 Å². The second-order valence-corrected chi connectivity index (χ2v) is 8.15. The predicted octanol–water partition coefficient (Wildman–Crippen LogP) is -1.64. The van der Waals surface area contributed by atoms with Crippen LogP contribution < -0.4 is 27.4 Å². The van der Waals surface area contributed by atoms with E-state index < -0.39 is 53.8 Å². The Balaban J connectivity index is 5.17. The van der Waals surface area contributed by atoms with Gasteiger partial charge in [-0.3, -0.25) is 19.2 Å². The molecule has 0 aromatic rings. The molecule has 0 fully saturated rings. The minimum atomic E-state index is -1.21. The highest BCUT2D eigenvalue weighted by Crippen LogP contribution is 2.07. The Morgan fingerprint density at radius 1 is 0.900 bits per heavy atom. The average Bonchev–Trinajstić information content (AvgIpc) is 2.61. The standard InChI is InChI=1S/C18H33N5O6S/c1-8(2)5-11(18(28)29)21-16(26)12(7-30)22-17(27)14(9(3)4)23-15(25)10(19)6-13(20)24/h8-12,14,30H,5-7,19H2,1-4H3,(H2,20,24)(H,21,26)(H,22,27)(H,23,25)(H,28,29). The molecule has 172 valence electrons. The maximum atomic E-state index is 12.6. The van der Waals surface area contributed by atoms with E-state index in [1.54, 1.807) is 13.8 Å². The van der Waals surface area contributed by atoms with E-state index in [1.807, 2.05) is 13.8 Å². The molecule has 4 atom stereocenters. The van der Waals surface area contributed by atoms with Gasteiger partial charge in [0.15, 0.2) is 0 Å². The van der Waals surface area contributed by atoms with Crippen LogP contribution in [0.3, 0.4) is 0 Å². The van der Waals surface area contributed by atoms with Crippen LogP contribution >= 0.6 is 12.6 Å². The summed E-state index contributed by atoms with van der Waals surface area (Å²) in [6.07, 6.45) is -0.164. The average molecular weight is 448 g/mol. The lowest BCUT2D eigenvalue weighted by atomic mass is 10.0. The number of nitrogens with one attached hydrogen (secondary N) is 3. The number of carbonyl (C=O) groups excluding carboxylic acids is 4. The fourth-order valence-electron chi connectivity index (χ4n) is 2.53. The topological polar surface area (TPSA) is 194 Å². The molecule has 12 heteroatoms. The summed E-state index contributed by atoms with van der Waals surface area (Å²) in [5.41, 5.74) is 10.6. The summed E-state index contributed by atoms with van der Waals surface area (Å²) in [6.45, 7) is 6.98. The maximum absolute atomic E-state index is 12.6. The van der Waals surface area contributed by atoms with Crippen molar-refractivity contribution in [3.63, 3.8) is 0 Å². The number of carbonyl (C=O) groups is 5. The van der Waals surface area contributed by atoms with Crippen LogP contribution in [-0.2, 0) is 24.0 Å².